The van der Waals surface area contributed by atoms with Gasteiger partial charge in [-0.25, -0.2) is 0 Å². The fourth-order valence-corrected chi connectivity index (χ4v) is 3.24. The number of hydrogen-bond acceptors (Lipinski definition) is 3. The van der Waals surface area contributed by atoms with Crippen LogP contribution in [0.5, 0.6) is 0 Å². The van der Waals surface area contributed by atoms with Crippen molar-refractivity contribution in [1.29, 1.82) is 5.26 Å². The van der Waals surface area contributed by atoms with Crippen molar-refractivity contribution < 1.29 is 4.79 Å². The van der Waals surface area contributed by atoms with E-state index in [2.05, 4.69) is 11.0 Å². The molecule has 138 valence electrons. The van der Waals surface area contributed by atoms with E-state index in [1.165, 1.54) is 5.56 Å². The van der Waals surface area contributed by atoms with Crippen LogP contribution in [0.2, 0.25) is 5.02 Å². The lowest BCUT2D eigenvalue weighted by atomic mass is 10.1. The van der Waals surface area contributed by atoms with Crippen LogP contribution in [0.1, 0.15) is 22.3 Å². The van der Waals surface area contributed by atoms with Gasteiger partial charge >= 0.3 is 0 Å². The molecule has 1 aliphatic rings. The van der Waals surface area contributed by atoms with Crippen LogP contribution in [0.3, 0.4) is 0 Å². The highest BCUT2D eigenvalue weighted by molar-refractivity contribution is 6.31. The number of nitrogens with zero attached hydrogens (tertiary/aromatic N) is 3. The van der Waals surface area contributed by atoms with Gasteiger partial charge in [-0.15, -0.1) is 0 Å². The maximum absolute atomic E-state index is 12.4. The Hall–Kier alpha value is -2.61. The molecule has 0 radical (unpaired) electrons. The fraction of sp³-hybridized carbons (Fsp3) is 0.273. The average molecular weight is 380 g/mol. The average Bonchev–Trinajstić information content (AvgIpc) is 2.70. The quantitative estimate of drug-likeness (QED) is 0.757. The van der Waals surface area contributed by atoms with Gasteiger partial charge in [0.25, 0.3) is 0 Å². The monoisotopic (exact) mass is 379 g/mol. The number of rotatable bonds is 4. The Labute approximate surface area is 165 Å². The van der Waals surface area contributed by atoms with Crippen molar-refractivity contribution in [2.24, 2.45) is 0 Å². The van der Waals surface area contributed by atoms with Crippen molar-refractivity contribution in [3.63, 3.8) is 0 Å². The molecule has 0 aromatic heterocycles. The van der Waals surface area contributed by atoms with Crippen LogP contribution < -0.4 is 0 Å². The van der Waals surface area contributed by atoms with Crippen molar-refractivity contribution in [2.45, 2.75) is 13.5 Å². The Morgan fingerprint density at radius 2 is 1.85 bits per heavy atom. The van der Waals surface area contributed by atoms with Gasteiger partial charge in [0.1, 0.15) is 0 Å². The molecule has 0 unspecified atom stereocenters. The zero-order valence-corrected chi connectivity index (χ0v) is 16.1. The molecule has 1 heterocycles. The first kappa shape index (κ1) is 19.2. The summed E-state index contributed by atoms with van der Waals surface area (Å²) in [4.78, 5) is 16.6. The zero-order valence-electron chi connectivity index (χ0n) is 15.4. The summed E-state index contributed by atoms with van der Waals surface area (Å²) in [6.07, 6.45) is 3.44. The first-order chi connectivity index (χ1) is 13.0. The molecular formula is C22H22ClN3O. The van der Waals surface area contributed by atoms with E-state index in [9.17, 15) is 4.79 Å². The van der Waals surface area contributed by atoms with Crippen LogP contribution in [-0.4, -0.2) is 41.9 Å². The van der Waals surface area contributed by atoms with Crippen molar-refractivity contribution in [3.05, 3.63) is 75.8 Å². The van der Waals surface area contributed by atoms with E-state index in [1.807, 2.05) is 60.4 Å². The largest absolute Gasteiger partial charge is 0.337 e. The first-order valence-corrected chi connectivity index (χ1v) is 9.37. The van der Waals surface area contributed by atoms with E-state index < -0.39 is 0 Å². The summed E-state index contributed by atoms with van der Waals surface area (Å²) in [5, 5.41) is 9.57. The lowest BCUT2D eigenvalue weighted by molar-refractivity contribution is -0.127. The van der Waals surface area contributed by atoms with Crippen molar-refractivity contribution in [1.82, 2.24) is 9.80 Å². The third kappa shape index (κ3) is 5.19. The van der Waals surface area contributed by atoms with Crippen LogP contribution in [0.15, 0.2) is 48.5 Å². The molecule has 1 saturated heterocycles. The number of carbonyl (C=O) groups excluding carboxylic acids is 1. The van der Waals surface area contributed by atoms with E-state index in [0.29, 0.717) is 23.7 Å². The topological polar surface area (TPSA) is 47.3 Å². The van der Waals surface area contributed by atoms with E-state index in [1.54, 1.807) is 6.08 Å². The molecule has 1 fully saturated rings. The Morgan fingerprint density at radius 3 is 2.48 bits per heavy atom. The summed E-state index contributed by atoms with van der Waals surface area (Å²) in [5.74, 6) is 0.0321. The zero-order chi connectivity index (χ0) is 19.2. The fourth-order valence-electron chi connectivity index (χ4n) is 3.05. The third-order valence-corrected chi connectivity index (χ3v) is 5.19. The molecular weight excluding hydrogens is 358 g/mol. The minimum absolute atomic E-state index is 0.0321. The van der Waals surface area contributed by atoms with Crippen LogP contribution in [0, 0.1) is 18.3 Å². The summed E-state index contributed by atoms with van der Waals surface area (Å²) < 4.78 is 0. The molecule has 1 amide bonds. The minimum Gasteiger partial charge on any atom is -0.337 e. The number of carbonyl (C=O) groups is 1. The summed E-state index contributed by atoms with van der Waals surface area (Å²) in [5.41, 5.74) is 3.82. The molecule has 4 nitrogen and oxygen atoms in total. The highest BCUT2D eigenvalue weighted by Crippen LogP contribution is 2.18. The predicted molar refractivity (Wildman–Crippen MR) is 108 cm³/mol. The van der Waals surface area contributed by atoms with Crippen molar-refractivity contribution in [2.75, 3.05) is 26.2 Å². The van der Waals surface area contributed by atoms with Gasteiger partial charge in [-0.1, -0.05) is 35.9 Å². The number of aryl methyl sites for hydroxylation is 1. The van der Waals surface area contributed by atoms with Crippen LogP contribution in [0.4, 0.5) is 0 Å². The molecule has 27 heavy (non-hydrogen) atoms. The SMILES string of the molecule is Cc1ccc(/C=C/C(=O)N2CCN(Cc3ccc(C#N)cc3)CC2)cc1Cl. The molecule has 5 heteroatoms. The van der Waals surface area contributed by atoms with Crippen molar-refractivity contribution >= 4 is 23.6 Å². The van der Waals surface area contributed by atoms with E-state index in [4.69, 9.17) is 16.9 Å². The second-order valence-corrected chi connectivity index (χ2v) is 7.16. The number of piperazine rings is 1. The van der Waals surface area contributed by atoms with Gasteiger partial charge in [0, 0.05) is 43.8 Å². The van der Waals surface area contributed by atoms with E-state index in [-0.39, 0.29) is 5.91 Å². The smallest absolute Gasteiger partial charge is 0.246 e. The molecule has 2 aromatic rings. The Morgan fingerprint density at radius 1 is 1.15 bits per heavy atom. The Kier molecular flexibility index (Phi) is 6.28. The summed E-state index contributed by atoms with van der Waals surface area (Å²) in [6, 6.07) is 15.6. The lowest BCUT2D eigenvalue weighted by Gasteiger charge is -2.34. The molecule has 0 bridgehead atoms. The maximum Gasteiger partial charge on any atom is 0.246 e. The van der Waals surface area contributed by atoms with Gasteiger partial charge in [-0.2, -0.15) is 5.26 Å². The highest BCUT2D eigenvalue weighted by Gasteiger charge is 2.19. The van der Waals surface area contributed by atoms with Crippen LogP contribution >= 0.6 is 11.6 Å². The number of benzene rings is 2. The molecule has 2 aromatic carbocycles. The van der Waals surface area contributed by atoms with Crippen LogP contribution in [-0.2, 0) is 11.3 Å². The maximum atomic E-state index is 12.4. The van der Waals surface area contributed by atoms with E-state index >= 15 is 0 Å². The summed E-state index contributed by atoms with van der Waals surface area (Å²) >= 11 is 6.13. The third-order valence-electron chi connectivity index (χ3n) is 4.79. The van der Waals surface area contributed by atoms with Gasteiger partial charge in [-0.05, 0) is 47.9 Å². The molecule has 0 spiro atoms. The van der Waals surface area contributed by atoms with Crippen molar-refractivity contribution in [3.8, 4) is 6.07 Å². The minimum atomic E-state index is 0.0321. The lowest BCUT2D eigenvalue weighted by Crippen LogP contribution is -2.47. The van der Waals surface area contributed by atoms with Crippen LogP contribution in [0.25, 0.3) is 6.08 Å². The molecule has 3 rings (SSSR count). The standard InChI is InChI=1S/C22H22ClN3O/c1-17-2-3-18(14-21(17)23)8-9-22(27)26-12-10-25(11-13-26)16-20-6-4-19(15-24)5-7-20/h2-9,14H,10-13,16H2,1H3/b9-8+. The molecule has 1 aliphatic heterocycles. The number of halogens is 1. The number of nitriles is 1. The molecule has 0 atom stereocenters. The second-order valence-electron chi connectivity index (χ2n) is 6.75. The highest BCUT2D eigenvalue weighted by atomic mass is 35.5. The normalized spacial score (nSPS) is 15.1. The van der Waals surface area contributed by atoms with E-state index in [0.717, 1.165) is 30.8 Å². The number of hydrogen-bond donors (Lipinski definition) is 0. The second kappa shape index (κ2) is 8.85. The Bertz CT molecular complexity index is 875. The van der Waals surface area contributed by atoms with Gasteiger partial charge in [-0.3, -0.25) is 9.69 Å². The molecule has 0 aliphatic carbocycles. The van der Waals surface area contributed by atoms with Gasteiger partial charge in [0.15, 0.2) is 0 Å². The predicted octanol–water partition coefficient (Wildman–Crippen LogP) is 3.88. The first-order valence-electron chi connectivity index (χ1n) is 9.00. The molecule has 0 saturated carbocycles. The Balaban J connectivity index is 1.50. The summed E-state index contributed by atoms with van der Waals surface area (Å²) in [6.45, 7) is 5.91. The summed E-state index contributed by atoms with van der Waals surface area (Å²) in [7, 11) is 0. The number of amides is 1. The van der Waals surface area contributed by atoms with Gasteiger partial charge in [0.05, 0.1) is 11.6 Å². The molecule has 0 N–H and O–H groups in total. The van der Waals surface area contributed by atoms with Gasteiger partial charge in [0.2, 0.25) is 5.91 Å². The van der Waals surface area contributed by atoms with Gasteiger partial charge < -0.3 is 4.90 Å².